The van der Waals surface area contributed by atoms with Crippen LogP contribution in [0.15, 0.2) is 54.6 Å². The van der Waals surface area contributed by atoms with E-state index in [2.05, 4.69) is 5.32 Å². The lowest BCUT2D eigenvalue weighted by Crippen LogP contribution is -2.48. The predicted octanol–water partition coefficient (Wildman–Crippen LogP) is 2.43. The van der Waals surface area contributed by atoms with Gasteiger partial charge in [0.1, 0.15) is 5.75 Å². The van der Waals surface area contributed by atoms with Crippen molar-refractivity contribution < 1.29 is 17.9 Å². The Morgan fingerprint density at radius 1 is 1.12 bits per heavy atom. The predicted molar refractivity (Wildman–Crippen MR) is 97.2 cm³/mol. The van der Waals surface area contributed by atoms with E-state index in [-0.39, 0.29) is 24.0 Å². The van der Waals surface area contributed by atoms with Crippen molar-refractivity contribution in [1.29, 1.82) is 0 Å². The average Bonchev–Trinajstić information content (AvgIpc) is 2.87. The summed E-state index contributed by atoms with van der Waals surface area (Å²) in [5.74, 6) is 0.392. The molecule has 0 aromatic heterocycles. The lowest BCUT2D eigenvalue weighted by atomic mass is 10.0. The van der Waals surface area contributed by atoms with Gasteiger partial charge in [0.05, 0.1) is 17.0 Å². The van der Waals surface area contributed by atoms with Crippen LogP contribution in [-0.2, 0) is 14.6 Å². The van der Waals surface area contributed by atoms with E-state index in [4.69, 9.17) is 4.74 Å². The number of sulfone groups is 1. The van der Waals surface area contributed by atoms with Gasteiger partial charge in [-0.05, 0) is 25.0 Å². The maximum atomic E-state index is 12.2. The van der Waals surface area contributed by atoms with Gasteiger partial charge in [-0.3, -0.25) is 4.79 Å². The average molecular weight is 359 g/mol. The molecule has 2 aromatic carbocycles. The van der Waals surface area contributed by atoms with Crippen LogP contribution in [-0.4, -0.2) is 38.0 Å². The highest BCUT2D eigenvalue weighted by Gasteiger charge is 2.39. The summed E-state index contributed by atoms with van der Waals surface area (Å²) in [5.41, 5.74) is 1.20. The minimum absolute atomic E-state index is 0.0215. The molecule has 0 saturated carbocycles. The van der Waals surface area contributed by atoms with Crippen molar-refractivity contribution in [1.82, 2.24) is 5.32 Å². The van der Waals surface area contributed by atoms with Gasteiger partial charge in [-0.1, -0.05) is 48.5 Å². The third-order valence-electron chi connectivity index (χ3n) is 4.28. The number of rotatable bonds is 5. The normalized spacial score (nSPS) is 21.6. The molecule has 2 aromatic rings. The van der Waals surface area contributed by atoms with Crippen LogP contribution in [0.2, 0.25) is 0 Å². The van der Waals surface area contributed by atoms with Crippen molar-refractivity contribution in [2.45, 2.75) is 18.9 Å². The highest BCUT2D eigenvalue weighted by Crippen LogP contribution is 2.29. The second-order valence-corrected chi connectivity index (χ2v) is 8.79. The molecule has 1 heterocycles. The van der Waals surface area contributed by atoms with Crippen LogP contribution in [0.3, 0.4) is 0 Å². The van der Waals surface area contributed by atoms with E-state index in [9.17, 15) is 13.2 Å². The number of ether oxygens (including phenoxy) is 1. The largest absolute Gasteiger partial charge is 0.483 e. The van der Waals surface area contributed by atoms with E-state index >= 15 is 0 Å². The van der Waals surface area contributed by atoms with Gasteiger partial charge in [-0.2, -0.15) is 0 Å². The Morgan fingerprint density at radius 3 is 2.48 bits per heavy atom. The van der Waals surface area contributed by atoms with Crippen LogP contribution in [0, 0.1) is 0 Å². The molecule has 1 aliphatic heterocycles. The van der Waals surface area contributed by atoms with Crippen LogP contribution < -0.4 is 10.1 Å². The number of carbonyl (C=O) groups excluding carboxylic acids is 1. The molecule has 3 rings (SSSR count). The third kappa shape index (κ3) is 4.39. The summed E-state index contributed by atoms with van der Waals surface area (Å²) in [6.07, 6.45) is 0.432. The second kappa shape index (κ2) is 6.88. The zero-order valence-corrected chi connectivity index (χ0v) is 14.9. The maximum absolute atomic E-state index is 12.2. The minimum atomic E-state index is -3.06. The fraction of sp³-hybridized carbons (Fsp3) is 0.316. The number of nitrogens with one attached hydrogen (secondary N) is 1. The summed E-state index contributed by atoms with van der Waals surface area (Å²) in [5, 5.41) is 2.80. The fourth-order valence-electron chi connectivity index (χ4n) is 3.07. The van der Waals surface area contributed by atoms with Gasteiger partial charge in [0.2, 0.25) is 0 Å². The van der Waals surface area contributed by atoms with Gasteiger partial charge in [-0.15, -0.1) is 0 Å². The van der Waals surface area contributed by atoms with Gasteiger partial charge in [0.15, 0.2) is 16.4 Å². The van der Waals surface area contributed by atoms with Crippen LogP contribution in [0.4, 0.5) is 0 Å². The SMILES string of the molecule is C[C@]1(NC(=O)COc2ccccc2-c2ccccc2)CCS(=O)(=O)C1. The monoisotopic (exact) mass is 359 g/mol. The van der Waals surface area contributed by atoms with E-state index in [1.807, 2.05) is 54.6 Å². The number of carbonyl (C=O) groups is 1. The first-order valence-electron chi connectivity index (χ1n) is 8.16. The van der Waals surface area contributed by atoms with Crippen LogP contribution in [0.5, 0.6) is 5.75 Å². The fourth-order valence-corrected chi connectivity index (χ4v) is 5.17. The van der Waals surface area contributed by atoms with Gasteiger partial charge in [0.25, 0.3) is 5.91 Å². The van der Waals surface area contributed by atoms with E-state index in [1.54, 1.807) is 6.92 Å². The van der Waals surface area contributed by atoms with Crippen LogP contribution in [0.1, 0.15) is 13.3 Å². The molecule has 1 saturated heterocycles. The Kier molecular flexibility index (Phi) is 4.81. The first-order valence-corrected chi connectivity index (χ1v) is 9.98. The van der Waals surface area contributed by atoms with Crippen molar-refractivity contribution in [3.8, 4) is 16.9 Å². The number of para-hydroxylation sites is 1. The molecule has 1 amide bonds. The molecule has 132 valence electrons. The van der Waals surface area contributed by atoms with Crippen LogP contribution in [0.25, 0.3) is 11.1 Å². The molecule has 1 N–H and O–H groups in total. The molecule has 0 bridgehead atoms. The number of hydrogen-bond donors (Lipinski definition) is 1. The van der Waals surface area contributed by atoms with E-state index in [0.717, 1.165) is 11.1 Å². The molecular weight excluding hydrogens is 338 g/mol. The lowest BCUT2D eigenvalue weighted by molar-refractivity contribution is -0.124. The summed E-state index contributed by atoms with van der Waals surface area (Å²) >= 11 is 0. The Bertz CT molecular complexity index is 864. The van der Waals surface area contributed by atoms with E-state index in [1.165, 1.54) is 0 Å². The van der Waals surface area contributed by atoms with Crippen molar-refractivity contribution in [2.75, 3.05) is 18.1 Å². The smallest absolute Gasteiger partial charge is 0.258 e. The molecule has 1 aliphatic rings. The topological polar surface area (TPSA) is 72.5 Å². The van der Waals surface area contributed by atoms with Crippen molar-refractivity contribution in [3.05, 3.63) is 54.6 Å². The summed E-state index contributed by atoms with van der Waals surface area (Å²) in [7, 11) is -3.06. The molecule has 6 heteroatoms. The summed E-state index contributed by atoms with van der Waals surface area (Å²) in [4.78, 5) is 12.2. The van der Waals surface area contributed by atoms with Crippen molar-refractivity contribution >= 4 is 15.7 Å². The quantitative estimate of drug-likeness (QED) is 0.890. The zero-order valence-electron chi connectivity index (χ0n) is 14.1. The third-order valence-corrected chi connectivity index (χ3v) is 6.18. The Morgan fingerprint density at radius 2 is 1.80 bits per heavy atom. The summed E-state index contributed by atoms with van der Waals surface area (Å²) in [6, 6.07) is 17.3. The number of hydrogen-bond acceptors (Lipinski definition) is 4. The standard InChI is InChI=1S/C19H21NO4S/c1-19(11-12-25(22,23)14-19)20-18(21)13-24-17-10-6-5-9-16(17)15-7-3-2-4-8-15/h2-10H,11-14H2,1H3,(H,20,21)/t19-/m0/s1. The molecule has 0 unspecified atom stereocenters. The Labute approximate surface area is 147 Å². The molecular formula is C19H21NO4S. The van der Waals surface area contributed by atoms with Crippen molar-refractivity contribution in [2.24, 2.45) is 0 Å². The van der Waals surface area contributed by atoms with E-state index < -0.39 is 15.4 Å². The van der Waals surface area contributed by atoms with Gasteiger partial charge >= 0.3 is 0 Å². The first kappa shape index (κ1) is 17.5. The molecule has 1 atom stereocenters. The number of amides is 1. The zero-order chi connectivity index (χ0) is 17.9. The van der Waals surface area contributed by atoms with Gasteiger partial charge in [-0.25, -0.2) is 8.42 Å². The maximum Gasteiger partial charge on any atom is 0.258 e. The lowest BCUT2D eigenvalue weighted by Gasteiger charge is -2.24. The minimum Gasteiger partial charge on any atom is -0.483 e. The Balaban J connectivity index is 1.66. The summed E-state index contributed by atoms with van der Waals surface area (Å²) < 4.78 is 29.0. The molecule has 25 heavy (non-hydrogen) atoms. The van der Waals surface area contributed by atoms with E-state index in [0.29, 0.717) is 12.2 Å². The molecule has 1 fully saturated rings. The molecule has 0 aliphatic carbocycles. The first-order chi connectivity index (χ1) is 11.9. The number of benzene rings is 2. The molecule has 5 nitrogen and oxygen atoms in total. The highest BCUT2D eigenvalue weighted by molar-refractivity contribution is 7.91. The highest BCUT2D eigenvalue weighted by atomic mass is 32.2. The summed E-state index contributed by atoms with van der Waals surface area (Å²) in [6.45, 7) is 1.60. The van der Waals surface area contributed by atoms with Crippen molar-refractivity contribution in [3.63, 3.8) is 0 Å². The van der Waals surface area contributed by atoms with Gasteiger partial charge in [0, 0.05) is 5.56 Å². The Hall–Kier alpha value is -2.34. The van der Waals surface area contributed by atoms with Crippen LogP contribution >= 0.6 is 0 Å². The second-order valence-electron chi connectivity index (χ2n) is 6.60. The molecule has 0 radical (unpaired) electrons. The molecule has 0 spiro atoms. The van der Waals surface area contributed by atoms with Gasteiger partial charge < -0.3 is 10.1 Å².